The summed E-state index contributed by atoms with van der Waals surface area (Å²) in [6, 6.07) is 17.4. The van der Waals surface area contributed by atoms with Gasteiger partial charge in [-0.15, -0.1) is 0 Å². The molecule has 2 aromatic rings. The third kappa shape index (κ3) is 4.20. The molecule has 0 aliphatic rings. The number of benzene rings is 2. The van der Waals surface area contributed by atoms with Gasteiger partial charge in [0.05, 0.1) is 12.6 Å². The van der Waals surface area contributed by atoms with Gasteiger partial charge < -0.3 is 10.0 Å². The van der Waals surface area contributed by atoms with Crippen molar-refractivity contribution in [1.29, 1.82) is 0 Å². The fraction of sp³-hybridized carbons (Fsp3) is 0.350. The number of aliphatic hydroxyl groups excluding tert-OH is 1. The van der Waals surface area contributed by atoms with Crippen LogP contribution in [0.1, 0.15) is 30.6 Å². The third-order valence-electron chi connectivity index (χ3n) is 4.06. The number of aliphatic hydroxyl groups is 1. The van der Waals surface area contributed by atoms with Crippen LogP contribution in [0.4, 0.5) is 0 Å². The van der Waals surface area contributed by atoms with Gasteiger partial charge in [0.2, 0.25) is 0 Å². The van der Waals surface area contributed by atoms with Crippen LogP contribution in [0.2, 0.25) is 0 Å². The molecule has 0 fully saturated rings. The number of nitrogens with zero attached hydrogens (tertiary/aromatic N) is 1. The Bertz CT molecular complexity index is 637. The van der Waals surface area contributed by atoms with E-state index in [1.54, 1.807) is 11.9 Å². The fourth-order valence-electron chi connectivity index (χ4n) is 2.79. The lowest BCUT2D eigenvalue weighted by Crippen LogP contribution is -2.40. The zero-order valence-electron chi connectivity index (χ0n) is 14.1. The predicted molar refractivity (Wildman–Crippen MR) is 94.3 cm³/mol. The molecule has 1 atom stereocenters. The van der Waals surface area contributed by atoms with Crippen molar-refractivity contribution < 1.29 is 9.90 Å². The van der Waals surface area contributed by atoms with Crippen LogP contribution in [0.25, 0.3) is 11.1 Å². The summed E-state index contributed by atoms with van der Waals surface area (Å²) in [5.41, 5.74) is 2.61. The van der Waals surface area contributed by atoms with Crippen LogP contribution in [0.15, 0.2) is 54.6 Å². The lowest BCUT2D eigenvalue weighted by Gasteiger charge is -2.28. The molecule has 0 aromatic heterocycles. The van der Waals surface area contributed by atoms with Crippen molar-refractivity contribution in [3.63, 3.8) is 0 Å². The maximum Gasteiger partial charge on any atom is 0.254 e. The van der Waals surface area contributed by atoms with Crippen molar-refractivity contribution in [2.45, 2.75) is 26.3 Å². The van der Waals surface area contributed by atoms with E-state index in [0.29, 0.717) is 11.5 Å². The van der Waals surface area contributed by atoms with Crippen LogP contribution >= 0.6 is 0 Å². The molecule has 1 amide bonds. The predicted octanol–water partition coefficient (Wildman–Crippen LogP) is 3.83. The van der Waals surface area contributed by atoms with Crippen LogP contribution < -0.4 is 0 Å². The molecule has 0 saturated heterocycles. The van der Waals surface area contributed by atoms with Crippen LogP contribution in [-0.2, 0) is 0 Å². The van der Waals surface area contributed by atoms with Gasteiger partial charge in [0.25, 0.3) is 5.91 Å². The number of likely N-dealkylation sites (N-methyl/N-ethyl adjacent to an activating group) is 1. The maximum absolute atomic E-state index is 12.9. The van der Waals surface area contributed by atoms with Gasteiger partial charge in [0, 0.05) is 12.6 Å². The van der Waals surface area contributed by atoms with Gasteiger partial charge in [0.1, 0.15) is 0 Å². The Kier molecular flexibility index (Phi) is 5.94. The topological polar surface area (TPSA) is 40.5 Å². The van der Waals surface area contributed by atoms with Crippen molar-refractivity contribution >= 4 is 5.91 Å². The quantitative estimate of drug-likeness (QED) is 0.880. The molecule has 0 radical (unpaired) electrons. The molecule has 3 nitrogen and oxygen atoms in total. The molecule has 0 unspecified atom stereocenters. The van der Waals surface area contributed by atoms with Gasteiger partial charge in [-0.3, -0.25) is 4.79 Å². The Balaban J connectivity index is 2.33. The van der Waals surface area contributed by atoms with Gasteiger partial charge in [-0.25, -0.2) is 0 Å². The van der Waals surface area contributed by atoms with E-state index < -0.39 is 0 Å². The van der Waals surface area contributed by atoms with Gasteiger partial charge in [-0.1, -0.05) is 62.4 Å². The average molecular weight is 311 g/mol. The summed E-state index contributed by atoms with van der Waals surface area (Å²) < 4.78 is 0. The van der Waals surface area contributed by atoms with E-state index in [1.807, 2.05) is 54.6 Å². The Morgan fingerprint density at radius 2 is 1.65 bits per heavy atom. The number of carbonyl (C=O) groups excluding carboxylic acids is 1. The van der Waals surface area contributed by atoms with Crippen LogP contribution in [0, 0.1) is 5.92 Å². The highest BCUT2D eigenvalue weighted by Crippen LogP contribution is 2.25. The lowest BCUT2D eigenvalue weighted by atomic mass is 9.97. The van der Waals surface area contributed by atoms with E-state index >= 15 is 0 Å². The van der Waals surface area contributed by atoms with Crippen molar-refractivity contribution in [1.82, 2.24) is 4.90 Å². The summed E-state index contributed by atoms with van der Waals surface area (Å²) in [6.45, 7) is 4.17. The van der Waals surface area contributed by atoms with E-state index in [4.69, 9.17) is 0 Å². The number of carbonyl (C=O) groups is 1. The third-order valence-corrected chi connectivity index (χ3v) is 4.06. The van der Waals surface area contributed by atoms with E-state index in [0.717, 1.165) is 17.5 Å². The summed E-state index contributed by atoms with van der Waals surface area (Å²) in [7, 11) is 1.77. The minimum Gasteiger partial charge on any atom is -0.394 e. The molecule has 122 valence electrons. The Hall–Kier alpha value is -2.13. The Morgan fingerprint density at radius 1 is 1.04 bits per heavy atom. The van der Waals surface area contributed by atoms with Crippen LogP contribution in [0.5, 0.6) is 0 Å². The van der Waals surface area contributed by atoms with E-state index in [1.165, 1.54) is 0 Å². The van der Waals surface area contributed by atoms with Gasteiger partial charge in [0.15, 0.2) is 0 Å². The summed E-state index contributed by atoms with van der Waals surface area (Å²) in [5.74, 6) is 0.371. The zero-order chi connectivity index (χ0) is 16.8. The standard InChI is InChI=1S/C20H25NO2/c1-15(2)13-17(14-22)21(3)20(23)19-12-8-7-11-18(19)16-9-5-4-6-10-16/h4-12,15,17,22H,13-14H2,1-3H3/t17-/m0/s1. The maximum atomic E-state index is 12.9. The second kappa shape index (κ2) is 7.93. The molecular weight excluding hydrogens is 286 g/mol. The lowest BCUT2D eigenvalue weighted by molar-refractivity contribution is 0.0631. The molecule has 23 heavy (non-hydrogen) atoms. The second-order valence-corrected chi connectivity index (χ2v) is 6.29. The van der Waals surface area contributed by atoms with Crippen molar-refractivity contribution in [2.24, 2.45) is 5.92 Å². The highest BCUT2D eigenvalue weighted by molar-refractivity contribution is 6.00. The summed E-state index contributed by atoms with van der Waals surface area (Å²) >= 11 is 0. The van der Waals surface area contributed by atoms with Crippen molar-refractivity contribution in [2.75, 3.05) is 13.7 Å². The summed E-state index contributed by atoms with van der Waals surface area (Å²) in [6.07, 6.45) is 0.784. The zero-order valence-corrected chi connectivity index (χ0v) is 14.1. The summed E-state index contributed by atoms with van der Waals surface area (Å²) in [5, 5.41) is 9.63. The first-order valence-electron chi connectivity index (χ1n) is 8.07. The molecule has 0 spiro atoms. The number of amides is 1. The Morgan fingerprint density at radius 3 is 2.26 bits per heavy atom. The van der Waals surface area contributed by atoms with Crippen molar-refractivity contribution in [3.8, 4) is 11.1 Å². The number of rotatable bonds is 6. The van der Waals surface area contributed by atoms with Crippen molar-refractivity contribution in [3.05, 3.63) is 60.2 Å². The second-order valence-electron chi connectivity index (χ2n) is 6.29. The molecule has 0 aliphatic heterocycles. The molecule has 0 heterocycles. The molecule has 2 rings (SSSR count). The Labute approximate surface area is 138 Å². The molecule has 0 aliphatic carbocycles. The molecule has 0 bridgehead atoms. The van der Waals surface area contributed by atoms with E-state index in [9.17, 15) is 9.90 Å². The smallest absolute Gasteiger partial charge is 0.254 e. The molecule has 0 saturated carbocycles. The summed E-state index contributed by atoms with van der Waals surface area (Å²) in [4.78, 5) is 14.6. The average Bonchev–Trinajstić information content (AvgIpc) is 2.59. The van der Waals surface area contributed by atoms with E-state index in [2.05, 4.69) is 13.8 Å². The van der Waals surface area contributed by atoms with Crippen LogP contribution in [-0.4, -0.2) is 35.6 Å². The van der Waals surface area contributed by atoms with Gasteiger partial charge in [-0.05, 0) is 29.5 Å². The highest BCUT2D eigenvalue weighted by Gasteiger charge is 2.23. The number of hydrogen-bond acceptors (Lipinski definition) is 2. The molecule has 1 N–H and O–H groups in total. The van der Waals surface area contributed by atoms with Gasteiger partial charge in [-0.2, -0.15) is 0 Å². The number of hydrogen-bond donors (Lipinski definition) is 1. The molecule has 3 heteroatoms. The highest BCUT2D eigenvalue weighted by atomic mass is 16.3. The first-order chi connectivity index (χ1) is 11.0. The SMILES string of the molecule is CC(C)C[C@@H](CO)N(C)C(=O)c1ccccc1-c1ccccc1. The minimum absolute atomic E-state index is 0.0199. The fourth-order valence-corrected chi connectivity index (χ4v) is 2.79. The van der Waals surface area contributed by atoms with Crippen LogP contribution in [0.3, 0.4) is 0 Å². The normalized spacial score (nSPS) is 12.2. The first kappa shape index (κ1) is 17.2. The van der Waals surface area contributed by atoms with Gasteiger partial charge >= 0.3 is 0 Å². The minimum atomic E-state index is -0.161. The largest absolute Gasteiger partial charge is 0.394 e. The monoisotopic (exact) mass is 311 g/mol. The van der Waals surface area contributed by atoms with E-state index in [-0.39, 0.29) is 18.6 Å². The molecule has 2 aromatic carbocycles. The molecular formula is C20H25NO2. The first-order valence-corrected chi connectivity index (χ1v) is 8.07.